The van der Waals surface area contributed by atoms with Crippen molar-refractivity contribution in [2.24, 2.45) is 0 Å². The number of fused-ring (bicyclic) bond motifs is 1. The van der Waals surface area contributed by atoms with Gasteiger partial charge < -0.3 is 9.80 Å². The Morgan fingerprint density at radius 1 is 1.12 bits per heavy atom. The fourth-order valence-electron chi connectivity index (χ4n) is 3.20. The lowest BCUT2D eigenvalue weighted by molar-refractivity contribution is -0.134. The van der Waals surface area contributed by atoms with Crippen LogP contribution in [0.4, 0.5) is 0 Å². The zero-order valence-corrected chi connectivity index (χ0v) is 16.4. The Balaban J connectivity index is 1.79. The molecule has 3 rings (SSSR count). The van der Waals surface area contributed by atoms with Gasteiger partial charge in [-0.2, -0.15) is 0 Å². The second-order valence-electron chi connectivity index (χ2n) is 6.43. The summed E-state index contributed by atoms with van der Waals surface area (Å²) in [6.07, 6.45) is 3.95. The summed E-state index contributed by atoms with van der Waals surface area (Å²) in [5.41, 5.74) is 3.11. The van der Waals surface area contributed by atoms with Crippen LogP contribution in [0.3, 0.4) is 0 Å². The molecule has 1 unspecified atom stereocenters. The summed E-state index contributed by atoms with van der Waals surface area (Å²) in [5, 5.41) is 0. The van der Waals surface area contributed by atoms with E-state index in [0.717, 1.165) is 21.2 Å². The lowest BCUT2D eigenvalue weighted by Gasteiger charge is -2.33. The average Bonchev–Trinajstić information content (AvgIpc) is 2.63. The van der Waals surface area contributed by atoms with Crippen LogP contribution in [0.1, 0.15) is 36.1 Å². The number of nitrogens with zero attached hydrogens (tertiary/aromatic N) is 2. The van der Waals surface area contributed by atoms with Crippen molar-refractivity contribution in [2.75, 3.05) is 7.05 Å². The first-order chi connectivity index (χ1) is 12.5. The van der Waals surface area contributed by atoms with Crippen LogP contribution < -0.4 is 0 Å². The van der Waals surface area contributed by atoms with E-state index >= 15 is 0 Å². The molecule has 0 radical (unpaired) electrons. The van der Waals surface area contributed by atoms with Gasteiger partial charge in [-0.25, -0.2) is 0 Å². The van der Waals surface area contributed by atoms with Crippen LogP contribution in [0.2, 0.25) is 0 Å². The third-order valence-corrected chi connectivity index (χ3v) is 5.40. The number of amides is 2. The van der Waals surface area contributed by atoms with Gasteiger partial charge in [-0.3, -0.25) is 9.59 Å². The first-order valence-electron chi connectivity index (χ1n) is 8.51. The van der Waals surface area contributed by atoms with Crippen LogP contribution in [-0.4, -0.2) is 28.7 Å². The highest BCUT2D eigenvalue weighted by Crippen LogP contribution is 2.33. The van der Waals surface area contributed by atoms with Crippen LogP contribution in [0.15, 0.2) is 59.2 Å². The maximum atomic E-state index is 12.9. The van der Waals surface area contributed by atoms with Crippen LogP contribution in [0.5, 0.6) is 0 Å². The van der Waals surface area contributed by atoms with E-state index < -0.39 is 0 Å². The van der Waals surface area contributed by atoms with E-state index in [9.17, 15) is 9.59 Å². The number of halogens is 1. The minimum atomic E-state index is -0.275. The van der Waals surface area contributed by atoms with E-state index in [1.54, 1.807) is 23.0 Å². The normalized spacial score (nSPS) is 15.5. The molecule has 0 aromatic heterocycles. The van der Waals surface area contributed by atoms with E-state index in [0.29, 0.717) is 6.54 Å². The van der Waals surface area contributed by atoms with Gasteiger partial charge in [0.1, 0.15) is 0 Å². The number of rotatable bonds is 4. The van der Waals surface area contributed by atoms with Gasteiger partial charge in [0.25, 0.3) is 0 Å². The zero-order valence-electron chi connectivity index (χ0n) is 14.9. The van der Waals surface area contributed by atoms with Crippen molar-refractivity contribution < 1.29 is 9.59 Å². The Hall–Kier alpha value is -2.40. The van der Waals surface area contributed by atoms with Crippen molar-refractivity contribution in [3.63, 3.8) is 0 Å². The maximum absolute atomic E-state index is 12.9. The standard InChI is InChI=1S/C21H21BrN2O2/c1-15(25)24-12-11-16-7-3-5-9-18(16)20(24)13-21(26)23(2)14-17-8-4-6-10-19(17)22/h3-12,20H,13-14H2,1-2H3. The molecule has 0 saturated heterocycles. The fourth-order valence-corrected chi connectivity index (χ4v) is 3.61. The minimum Gasteiger partial charge on any atom is -0.341 e. The van der Waals surface area contributed by atoms with Crippen molar-refractivity contribution in [3.8, 4) is 0 Å². The van der Waals surface area contributed by atoms with Gasteiger partial charge in [0, 0.05) is 31.2 Å². The molecular formula is C21H21BrN2O2. The highest BCUT2D eigenvalue weighted by atomic mass is 79.9. The average molecular weight is 413 g/mol. The lowest BCUT2D eigenvalue weighted by atomic mass is 9.93. The summed E-state index contributed by atoms with van der Waals surface area (Å²) in [6, 6.07) is 15.5. The maximum Gasteiger partial charge on any atom is 0.225 e. The summed E-state index contributed by atoms with van der Waals surface area (Å²) >= 11 is 3.52. The summed E-state index contributed by atoms with van der Waals surface area (Å²) in [4.78, 5) is 28.3. The van der Waals surface area contributed by atoms with Gasteiger partial charge >= 0.3 is 0 Å². The second kappa shape index (κ2) is 7.87. The van der Waals surface area contributed by atoms with Crippen LogP contribution >= 0.6 is 15.9 Å². The lowest BCUT2D eigenvalue weighted by Crippen LogP contribution is -2.35. The molecular weight excluding hydrogens is 392 g/mol. The Kier molecular flexibility index (Phi) is 5.57. The Morgan fingerprint density at radius 3 is 2.54 bits per heavy atom. The number of benzene rings is 2. The van der Waals surface area contributed by atoms with E-state index in [-0.39, 0.29) is 24.3 Å². The largest absolute Gasteiger partial charge is 0.341 e. The molecule has 0 spiro atoms. The van der Waals surface area contributed by atoms with Crippen molar-refractivity contribution in [1.29, 1.82) is 0 Å². The molecule has 1 heterocycles. The summed E-state index contributed by atoms with van der Waals surface area (Å²) in [6.45, 7) is 2.05. The van der Waals surface area contributed by atoms with Gasteiger partial charge in [0.05, 0.1) is 12.5 Å². The number of hydrogen-bond acceptors (Lipinski definition) is 2. The van der Waals surface area contributed by atoms with E-state index in [1.165, 1.54) is 6.92 Å². The molecule has 2 aromatic carbocycles. The first kappa shape index (κ1) is 18.4. The molecule has 0 aliphatic carbocycles. The molecule has 4 nitrogen and oxygen atoms in total. The first-order valence-corrected chi connectivity index (χ1v) is 9.30. The molecule has 1 aliphatic heterocycles. The van der Waals surface area contributed by atoms with E-state index in [2.05, 4.69) is 15.9 Å². The van der Waals surface area contributed by atoms with Crippen molar-refractivity contribution in [2.45, 2.75) is 25.9 Å². The third kappa shape index (κ3) is 3.88. The summed E-state index contributed by atoms with van der Waals surface area (Å²) in [7, 11) is 1.80. The minimum absolute atomic E-state index is 0.00195. The summed E-state index contributed by atoms with van der Waals surface area (Å²) < 4.78 is 0.982. The van der Waals surface area contributed by atoms with Gasteiger partial charge in [0.2, 0.25) is 11.8 Å². The molecule has 134 valence electrons. The van der Waals surface area contributed by atoms with Crippen LogP contribution in [-0.2, 0) is 16.1 Å². The Morgan fingerprint density at radius 2 is 1.81 bits per heavy atom. The SMILES string of the molecule is CC(=O)N1C=Cc2ccccc2C1CC(=O)N(C)Cc1ccccc1Br. The monoisotopic (exact) mass is 412 g/mol. The number of carbonyl (C=O) groups is 2. The van der Waals surface area contributed by atoms with Gasteiger partial charge in [0.15, 0.2) is 0 Å². The molecule has 2 amide bonds. The summed E-state index contributed by atoms with van der Waals surface area (Å²) in [5.74, 6) is -0.0656. The fraction of sp³-hybridized carbons (Fsp3) is 0.238. The third-order valence-electron chi connectivity index (χ3n) is 4.63. The highest BCUT2D eigenvalue weighted by Gasteiger charge is 2.29. The molecule has 1 atom stereocenters. The van der Waals surface area contributed by atoms with Crippen molar-refractivity contribution in [3.05, 3.63) is 75.9 Å². The molecule has 2 aromatic rings. The highest BCUT2D eigenvalue weighted by molar-refractivity contribution is 9.10. The predicted molar refractivity (Wildman–Crippen MR) is 106 cm³/mol. The second-order valence-corrected chi connectivity index (χ2v) is 7.29. The quantitative estimate of drug-likeness (QED) is 0.747. The van der Waals surface area contributed by atoms with Crippen molar-refractivity contribution >= 4 is 33.8 Å². The molecule has 0 fully saturated rings. The topological polar surface area (TPSA) is 40.6 Å². The molecule has 1 aliphatic rings. The predicted octanol–water partition coefficient (Wildman–Crippen LogP) is 4.37. The van der Waals surface area contributed by atoms with Gasteiger partial charge in [-0.1, -0.05) is 58.4 Å². The molecule has 5 heteroatoms. The molecule has 0 bridgehead atoms. The van der Waals surface area contributed by atoms with E-state index in [1.807, 2.05) is 54.6 Å². The van der Waals surface area contributed by atoms with Crippen LogP contribution in [0.25, 0.3) is 6.08 Å². The molecule has 0 saturated carbocycles. The molecule has 26 heavy (non-hydrogen) atoms. The van der Waals surface area contributed by atoms with Gasteiger partial charge in [-0.15, -0.1) is 0 Å². The van der Waals surface area contributed by atoms with E-state index in [4.69, 9.17) is 0 Å². The van der Waals surface area contributed by atoms with Gasteiger partial charge in [-0.05, 0) is 28.8 Å². The Labute approximate surface area is 162 Å². The zero-order chi connectivity index (χ0) is 18.7. The van der Waals surface area contributed by atoms with Crippen molar-refractivity contribution in [1.82, 2.24) is 9.80 Å². The smallest absolute Gasteiger partial charge is 0.225 e. The van der Waals surface area contributed by atoms with Crippen LogP contribution in [0, 0.1) is 0 Å². The Bertz CT molecular complexity index is 863. The number of hydrogen-bond donors (Lipinski definition) is 0. The molecule has 0 N–H and O–H groups in total. The number of carbonyl (C=O) groups excluding carboxylic acids is 2.